The summed E-state index contributed by atoms with van der Waals surface area (Å²) in [5.74, 6) is 1.93. The van der Waals surface area contributed by atoms with Gasteiger partial charge in [0.1, 0.15) is 18.2 Å². The SMILES string of the molecule is C#Cc1ccc(C(C(=O)NC(C)(C)C)N(C(=O)CNC(=O)OC(C)(C)C)C2CC2)cc1. The lowest BCUT2D eigenvalue weighted by molar-refractivity contribution is -0.141. The van der Waals surface area contributed by atoms with E-state index in [9.17, 15) is 14.4 Å². The van der Waals surface area contributed by atoms with Crippen LogP contribution in [0.3, 0.4) is 0 Å². The predicted molar refractivity (Wildman–Crippen MR) is 119 cm³/mol. The van der Waals surface area contributed by atoms with Crippen LogP contribution in [-0.4, -0.2) is 46.5 Å². The molecule has 168 valence electrons. The summed E-state index contributed by atoms with van der Waals surface area (Å²) in [4.78, 5) is 40.0. The van der Waals surface area contributed by atoms with Crippen molar-refractivity contribution in [3.8, 4) is 12.3 Å². The zero-order valence-electron chi connectivity index (χ0n) is 19.2. The number of nitrogens with zero attached hydrogens (tertiary/aromatic N) is 1. The summed E-state index contributed by atoms with van der Waals surface area (Å²) in [5, 5.41) is 5.48. The first-order valence-electron chi connectivity index (χ1n) is 10.5. The average Bonchev–Trinajstić information content (AvgIpc) is 3.46. The van der Waals surface area contributed by atoms with Crippen LogP contribution in [0.15, 0.2) is 24.3 Å². The Kier molecular flexibility index (Phi) is 7.37. The van der Waals surface area contributed by atoms with Gasteiger partial charge in [-0.1, -0.05) is 18.1 Å². The van der Waals surface area contributed by atoms with Crippen LogP contribution >= 0.6 is 0 Å². The van der Waals surface area contributed by atoms with Gasteiger partial charge >= 0.3 is 6.09 Å². The first-order valence-corrected chi connectivity index (χ1v) is 10.5. The Morgan fingerprint density at radius 2 is 1.71 bits per heavy atom. The molecule has 1 aromatic carbocycles. The van der Waals surface area contributed by atoms with Crippen molar-refractivity contribution in [2.45, 2.75) is 77.6 Å². The molecule has 2 rings (SSSR count). The molecule has 1 atom stereocenters. The van der Waals surface area contributed by atoms with Gasteiger partial charge in [0.2, 0.25) is 11.8 Å². The topological polar surface area (TPSA) is 87.7 Å². The Hall–Kier alpha value is -3.01. The Morgan fingerprint density at radius 3 is 2.16 bits per heavy atom. The van der Waals surface area contributed by atoms with Gasteiger partial charge in [-0.25, -0.2) is 4.79 Å². The van der Waals surface area contributed by atoms with Crippen molar-refractivity contribution >= 4 is 17.9 Å². The van der Waals surface area contributed by atoms with E-state index in [-0.39, 0.29) is 24.4 Å². The minimum atomic E-state index is -0.827. The van der Waals surface area contributed by atoms with Crippen LogP contribution in [-0.2, 0) is 14.3 Å². The van der Waals surface area contributed by atoms with Crippen LogP contribution < -0.4 is 10.6 Å². The first kappa shape index (κ1) is 24.3. The molecular formula is C24H33N3O4. The maximum absolute atomic E-state index is 13.3. The Bertz CT molecular complexity index is 853. The molecule has 1 saturated carbocycles. The molecule has 0 aromatic heterocycles. The van der Waals surface area contributed by atoms with Crippen LogP contribution in [0.5, 0.6) is 0 Å². The molecule has 2 N–H and O–H groups in total. The Balaban J connectivity index is 2.28. The highest BCUT2D eigenvalue weighted by Crippen LogP contribution is 2.35. The molecule has 0 heterocycles. The predicted octanol–water partition coefficient (Wildman–Crippen LogP) is 3.14. The molecule has 7 nitrogen and oxygen atoms in total. The monoisotopic (exact) mass is 427 g/mol. The van der Waals surface area contributed by atoms with Gasteiger partial charge in [-0.2, -0.15) is 0 Å². The quantitative estimate of drug-likeness (QED) is 0.683. The van der Waals surface area contributed by atoms with E-state index < -0.39 is 23.3 Å². The summed E-state index contributed by atoms with van der Waals surface area (Å²) in [6.07, 6.45) is 6.39. The van der Waals surface area contributed by atoms with Crippen molar-refractivity contribution in [2.75, 3.05) is 6.54 Å². The van der Waals surface area contributed by atoms with E-state index in [2.05, 4.69) is 16.6 Å². The molecule has 1 aromatic rings. The third kappa shape index (κ3) is 7.63. The van der Waals surface area contributed by atoms with E-state index in [1.54, 1.807) is 49.9 Å². The number of ether oxygens (including phenoxy) is 1. The summed E-state index contributed by atoms with van der Waals surface area (Å²) in [5.41, 5.74) is 0.214. The Morgan fingerprint density at radius 1 is 1.13 bits per heavy atom. The largest absolute Gasteiger partial charge is 0.444 e. The van der Waals surface area contributed by atoms with E-state index in [0.717, 1.165) is 12.8 Å². The second-order valence-corrected chi connectivity index (χ2v) is 9.80. The zero-order valence-corrected chi connectivity index (χ0v) is 19.2. The fourth-order valence-corrected chi connectivity index (χ4v) is 3.10. The number of amides is 3. The molecule has 0 spiro atoms. The van der Waals surface area contributed by atoms with Crippen molar-refractivity contribution in [3.05, 3.63) is 35.4 Å². The maximum Gasteiger partial charge on any atom is 0.408 e. The zero-order chi connectivity index (χ0) is 23.4. The van der Waals surface area contributed by atoms with E-state index in [4.69, 9.17) is 11.2 Å². The van der Waals surface area contributed by atoms with E-state index in [1.807, 2.05) is 20.8 Å². The molecule has 3 amide bonds. The summed E-state index contributed by atoms with van der Waals surface area (Å²) >= 11 is 0. The van der Waals surface area contributed by atoms with Gasteiger partial charge in [0, 0.05) is 17.1 Å². The van der Waals surface area contributed by atoms with Gasteiger partial charge in [-0.3, -0.25) is 9.59 Å². The normalized spacial score (nSPS) is 14.7. The number of benzene rings is 1. The van der Waals surface area contributed by atoms with Gasteiger partial charge in [0.15, 0.2) is 0 Å². The number of carbonyl (C=O) groups excluding carboxylic acids is 3. The van der Waals surface area contributed by atoms with Crippen LogP contribution in [0, 0.1) is 12.3 Å². The summed E-state index contributed by atoms with van der Waals surface area (Å²) in [7, 11) is 0. The summed E-state index contributed by atoms with van der Waals surface area (Å²) < 4.78 is 5.21. The first-order chi connectivity index (χ1) is 14.3. The number of carbonyl (C=O) groups is 3. The standard InChI is InChI=1S/C24H33N3O4/c1-8-16-9-11-17(12-10-16)20(21(29)26-23(2,3)4)27(18-13-14-18)19(28)15-25-22(30)31-24(5,6)7/h1,9-12,18,20H,13-15H2,2-7H3,(H,25,30)(H,26,29). The molecule has 1 fully saturated rings. The molecule has 7 heteroatoms. The highest BCUT2D eigenvalue weighted by Gasteiger charge is 2.42. The smallest absolute Gasteiger partial charge is 0.408 e. The second-order valence-electron chi connectivity index (χ2n) is 9.80. The third-order valence-corrected chi connectivity index (χ3v) is 4.43. The Labute approximate surface area is 184 Å². The molecule has 1 unspecified atom stereocenters. The van der Waals surface area contributed by atoms with Gasteiger partial charge < -0.3 is 20.3 Å². The van der Waals surface area contributed by atoms with E-state index >= 15 is 0 Å². The molecule has 0 bridgehead atoms. The highest BCUT2D eigenvalue weighted by atomic mass is 16.6. The molecule has 0 saturated heterocycles. The molecule has 31 heavy (non-hydrogen) atoms. The van der Waals surface area contributed by atoms with Crippen molar-refractivity contribution in [1.82, 2.24) is 15.5 Å². The third-order valence-electron chi connectivity index (χ3n) is 4.43. The summed E-state index contributed by atoms with van der Waals surface area (Å²) in [6.45, 7) is 10.6. The van der Waals surface area contributed by atoms with Gasteiger partial charge in [-0.05, 0) is 72.1 Å². The molecule has 0 aliphatic heterocycles. The van der Waals surface area contributed by atoms with Crippen molar-refractivity contribution < 1.29 is 19.1 Å². The lowest BCUT2D eigenvalue weighted by Gasteiger charge is -2.34. The van der Waals surface area contributed by atoms with Crippen LogP contribution in [0.4, 0.5) is 4.79 Å². The minimum absolute atomic E-state index is 0.0593. The number of terminal acetylenes is 1. The second kappa shape index (κ2) is 9.42. The van der Waals surface area contributed by atoms with Crippen molar-refractivity contribution in [2.24, 2.45) is 0 Å². The number of alkyl carbamates (subject to hydrolysis) is 1. The maximum atomic E-state index is 13.3. The fraction of sp³-hybridized carbons (Fsp3) is 0.542. The number of hydrogen-bond acceptors (Lipinski definition) is 4. The highest BCUT2D eigenvalue weighted by molar-refractivity contribution is 5.91. The van der Waals surface area contributed by atoms with Crippen LogP contribution in [0.2, 0.25) is 0 Å². The fourth-order valence-electron chi connectivity index (χ4n) is 3.10. The van der Waals surface area contributed by atoms with Gasteiger partial charge in [0.25, 0.3) is 0 Å². The van der Waals surface area contributed by atoms with Gasteiger partial charge in [-0.15, -0.1) is 6.42 Å². The molecular weight excluding hydrogens is 394 g/mol. The molecule has 1 aliphatic carbocycles. The number of hydrogen-bond donors (Lipinski definition) is 2. The van der Waals surface area contributed by atoms with E-state index in [1.165, 1.54) is 0 Å². The average molecular weight is 428 g/mol. The van der Waals surface area contributed by atoms with E-state index in [0.29, 0.717) is 11.1 Å². The minimum Gasteiger partial charge on any atom is -0.444 e. The van der Waals surface area contributed by atoms with Crippen molar-refractivity contribution in [1.29, 1.82) is 0 Å². The van der Waals surface area contributed by atoms with Crippen molar-refractivity contribution in [3.63, 3.8) is 0 Å². The number of rotatable bonds is 6. The lowest BCUT2D eigenvalue weighted by atomic mass is 10.00. The number of nitrogens with one attached hydrogen (secondary N) is 2. The van der Waals surface area contributed by atoms with Crippen LogP contribution in [0.1, 0.15) is 71.6 Å². The van der Waals surface area contributed by atoms with Crippen LogP contribution in [0.25, 0.3) is 0 Å². The molecule has 1 aliphatic rings. The summed E-state index contributed by atoms with van der Waals surface area (Å²) in [6, 6.07) is 6.16. The molecule has 0 radical (unpaired) electrons. The lowest BCUT2D eigenvalue weighted by Crippen LogP contribution is -2.52. The van der Waals surface area contributed by atoms with Gasteiger partial charge in [0.05, 0.1) is 0 Å².